The average molecular weight is 411 g/mol. The molecule has 2 aliphatic heterocycles. The SMILES string of the molecule is CCOC(=O)c1cn(C2CC2)c2c3c(c(F)cc2c1=O)N1CC[C@@H](CN)[C@@H]1CC=C3. The van der Waals surface area contributed by atoms with E-state index >= 15 is 4.39 Å². The topological polar surface area (TPSA) is 77.6 Å². The first-order valence-electron chi connectivity index (χ1n) is 10.8. The molecule has 6 nitrogen and oxygen atoms in total. The Hall–Kier alpha value is -2.67. The fraction of sp³-hybridized carbons (Fsp3) is 0.478. The van der Waals surface area contributed by atoms with Gasteiger partial charge in [0.2, 0.25) is 5.43 Å². The van der Waals surface area contributed by atoms with Gasteiger partial charge in [0.05, 0.1) is 23.2 Å². The summed E-state index contributed by atoms with van der Waals surface area (Å²) in [5.74, 6) is -0.755. The molecule has 3 aliphatic rings. The van der Waals surface area contributed by atoms with E-state index in [-0.39, 0.29) is 29.6 Å². The van der Waals surface area contributed by atoms with Gasteiger partial charge in [0, 0.05) is 30.4 Å². The Bertz CT molecular complexity index is 1120. The van der Waals surface area contributed by atoms with Crippen LogP contribution in [0.3, 0.4) is 0 Å². The fourth-order valence-electron chi connectivity index (χ4n) is 5.07. The van der Waals surface area contributed by atoms with Crippen molar-refractivity contribution >= 4 is 28.6 Å². The Morgan fingerprint density at radius 3 is 2.83 bits per heavy atom. The molecule has 1 aliphatic carbocycles. The van der Waals surface area contributed by atoms with E-state index in [2.05, 4.69) is 11.0 Å². The average Bonchev–Trinajstić information content (AvgIpc) is 3.52. The highest BCUT2D eigenvalue weighted by Gasteiger charge is 2.38. The van der Waals surface area contributed by atoms with E-state index in [0.717, 1.165) is 37.8 Å². The number of carbonyl (C=O) groups excluding carboxylic acids is 1. The van der Waals surface area contributed by atoms with Crippen LogP contribution in [0.25, 0.3) is 17.0 Å². The van der Waals surface area contributed by atoms with Gasteiger partial charge >= 0.3 is 5.97 Å². The van der Waals surface area contributed by atoms with Gasteiger partial charge in [-0.2, -0.15) is 0 Å². The van der Waals surface area contributed by atoms with Crippen molar-refractivity contribution in [1.29, 1.82) is 0 Å². The van der Waals surface area contributed by atoms with Crippen LogP contribution in [0.15, 0.2) is 23.1 Å². The molecule has 2 aromatic rings. The molecule has 0 amide bonds. The summed E-state index contributed by atoms with van der Waals surface area (Å²) in [7, 11) is 0. The summed E-state index contributed by atoms with van der Waals surface area (Å²) in [4.78, 5) is 27.7. The normalized spacial score (nSPS) is 22.7. The number of anilines is 1. The molecule has 158 valence electrons. The van der Waals surface area contributed by atoms with Crippen LogP contribution in [0.4, 0.5) is 10.1 Å². The maximum Gasteiger partial charge on any atom is 0.343 e. The lowest BCUT2D eigenvalue weighted by molar-refractivity contribution is 0.0524. The zero-order valence-electron chi connectivity index (χ0n) is 17.1. The third kappa shape index (κ3) is 2.87. The lowest BCUT2D eigenvalue weighted by Crippen LogP contribution is -2.35. The van der Waals surface area contributed by atoms with Crippen LogP contribution < -0.4 is 16.1 Å². The van der Waals surface area contributed by atoms with Crippen LogP contribution in [0, 0.1) is 11.7 Å². The van der Waals surface area contributed by atoms with Crippen molar-refractivity contribution in [2.75, 3.05) is 24.6 Å². The van der Waals surface area contributed by atoms with Gasteiger partial charge < -0.3 is 19.9 Å². The molecule has 30 heavy (non-hydrogen) atoms. The third-order valence-electron chi connectivity index (χ3n) is 6.65. The monoisotopic (exact) mass is 411 g/mol. The predicted molar refractivity (Wildman–Crippen MR) is 114 cm³/mol. The van der Waals surface area contributed by atoms with E-state index in [1.165, 1.54) is 6.07 Å². The Kier molecular flexibility index (Phi) is 4.65. The van der Waals surface area contributed by atoms with Gasteiger partial charge in [-0.25, -0.2) is 9.18 Å². The smallest absolute Gasteiger partial charge is 0.343 e. The van der Waals surface area contributed by atoms with Gasteiger partial charge in [-0.3, -0.25) is 4.79 Å². The summed E-state index contributed by atoms with van der Waals surface area (Å²) in [5.41, 5.74) is 7.45. The number of carbonyl (C=O) groups is 1. The molecule has 0 bridgehead atoms. The van der Waals surface area contributed by atoms with E-state index in [0.29, 0.717) is 23.7 Å². The van der Waals surface area contributed by atoms with E-state index < -0.39 is 17.2 Å². The van der Waals surface area contributed by atoms with Crippen molar-refractivity contribution in [3.05, 3.63) is 45.5 Å². The summed E-state index contributed by atoms with van der Waals surface area (Å²) in [5, 5.41) is 0.237. The van der Waals surface area contributed by atoms with Crippen molar-refractivity contribution in [3.8, 4) is 0 Å². The molecule has 7 heteroatoms. The molecule has 0 unspecified atom stereocenters. The Morgan fingerprint density at radius 1 is 1.33 bits per heavy atom. The first kappa shape index (κ1) is 19.3. The number of fused-ring (bicyclic) bond motifs is 5. The summed E-state index contributed by atoms with van der Waals surface area (Å²) < 4.78 is 22.6. The summed E-state index contributed by atoms with van der Waals surface area (Å²) in [6, 6.07) is 1.68. The standard InChI is InChI=1S/C23H26FN3O3/c1-2-30-23(29)17-12-27(14-6-7-14)20-15-4-3-5-19-13(11-25)8-9-26(19)21(15)18(24)10-16(20)22(17)28/h3-4,10,12-14,19H,2,5-9,11,25H2,1H3/t13-,19-/m0/s1. The number of rotatable bonds is 4. The fourth-order valence-corrected chi connectivity index (χ4v) is 5.07. The van der Waals surface area contributed by atoms with Crippen LogP contribution >= 0.6 is 0 Å². The van der Waals surface area contributed by atoms with Crippen molar-refractivity contribution < 1.29 is 13.9 Å². The first-order valence-corrected chi connectivity index (χ1v) is 10.8. The molecule has 0 spiro atoms. The predicted octanol–water partition coefficient (Wildman–Crippen LogP) is 3.22. The number of hydrogen-bond donors (Lipinski definition) is 1. The maximum absolute atomic E-state index is 15.5. The van der Waals surface area contributed by atoms with Crippen molar-refractivity contribution in [2.24, 2.45) is 11.7 Å². The largest absolute Gasteiger partial charge is 0.462 e. The van der Waals surface area contributed by atoms with E-state index in [9.17, 15) is 9.59 Å². The van der Waals surface area contributed by atoms with Crippen LogP contribution in [-0.4, -0.2) is 36.3 Å². The molecule has 0 radical (unpaired) electrons. The number of hydrogen-bond acceptors (Lipinski definition) is 5. The summed E-state index contributed by atoms with van der Waals surface area (Å²) in [6.07, 6.45) is 9.29. The molecular weight excluding hydrogens is 385 g/mol. The van der Waals surface area contributed by atoms with Crippen LogP contribution in [0.2, 0.25) is 0 Å². The minimum Gasteiger partial charge on any atom is -0.462 e. The van der Waals surface area contributed by atoms with Gasteiger partial charge in [0.15, 0.2) is 0 Å². The minimum atomic E-state index is -0.657. The first-order chi connectivity index (χ1) is 14.5. The Labute approximate surface area is 174 Å². The molecule has 1 aromatic heterocycles. The van der Waals surface area contributed by atoms with Crippen LogP contribution in [-0.2, 0) is 4.74 Å². The van der Waals surface area contributed by atoms with Crippen molar-refractivity contribution in [1.82, 2.24) is 4.57 Å². The summed E-state index contributed by atoms with van der Waals surface area (Å²) >= 11 is 0. The quantitative estimate of drug-likeness (QED) is 0.782. The number of nitrogens with zero attached hydrogens (tertiary/aromatic N) is 2. The molecule has 1 saturated heterocycles. The minimum absolute atomic E-state index is 0.0320. The lowest BCUT2D eigenvalue weighted by Gasteiger charge is -2.30. The van der Waals surface area contributed by atoms with Gasteiger partial charge in [-0.1, -0.05) is 12.2 Å². The summed E-state index contributed by atoms with van der Waals surface area (Å²) in [6.45, 7) is 3.21. The van der Waals surface area contributed by atoms with Gasteiger partial charge in [-0.05, 0) is 51.1 Å². The molecule has 2 atom stereocenters. The van der Waals surface area contributed by atoms with Crippen LogP contribution in [0.1, 0.15) is 54.6 Å². The second kappa shape index (κ2) is 7.23. The number of esters is 1. The highest BCUT2D eigenvalue weighted by molar-refractivity contribution is 5.99. The van der Waals surface area contributed by atoms with Gasteiger partial charge in [0.1, 0.15) is 11.4 Å². The Balaban J connectivity index is 1.79. The van der Waals surface area contributed by atoms with Crippen molar-refractivity contribution in [2.45, 2.75) is 44.7 Å². The van der Waals surface area contributed by atoms with E-state index in [1.54, 1.807) is 13.1 Å². The van der Waals surface area contributed by atoms with E-state index in [4.69, 9.17) is 10.5 Å². The highest BCUT2D eigenvalue weighted by atomic mass is 19.1. The van der Waals surface area contributed by atoms with Gasteiger partial charge in [0.25, 0.3) is 0 Å². The Morgan fingerprint density at radius 2 is 2.13 bits per heavy atom. The number of nitrogens with two attached hydrogens (primary N) is 1. The molecule has 2 fully saturated rings. The van der Waals surface area contributed by atoms with Gasteiger partial charge in [-0.15, -0.1) is 0 Å². The van der Waals surface area contributed by atoms with Crippen LogP contribution in [0.5, 0.6) is 0 Å². The number of pyridine rings is 1. The molecule has 1 saturated carbocycles. The number of halogens is 1. The molecular formula is C23H26FN3O3. The maximum atomic E-state index is 15.5. The lowest BCUT2D eigenvalue weighted by atomic mass is 9.98. The number of aromatic nitrogens is 1. The second-order valence-electron chi connectivity index (χ2n) is 8.43. The number of ether oxygens (including phenoxy) is 1. The third-order valence-corrected chi connectivity index (χ3v) is 6.65. The molecule has 2 N–H and O–H groups in total. The van der Waals surface area contributed by atoms with Crippen molar-refractivity contribution in [3.63, 3.8) is 0 Å². The molecule has 1 aromatic carbocycles. The molecule has 5 rings (SSSR count). The van der Waals surface area contributed by atoms with E-state index in [1.807, 2.05) is 10.6 Å². The highest BCUT2D eigenvalue weighted by Crippen LogP contribution is 2.44. The zero-order valence-corrected chi connectivity index (χ0v) is 17.1. The second-order valence-corrected chi connectivity index (χ2v) is 8.43. The zero-order chi connectivity index (χ0) is 21.0. The number of benzene rings is 1. The molecule has 3 heterocycles.